The fraction of sp³-hybridized carbons (Fsp3) is 0.750. The maximum Gasteiger partial charge on any atom is 0.229 e. The Bertz CT molecular complexity index is 922. The lowest BCUT2D eigenvalue weighted by Crippen LogP contribution is -2.38. The summed E-state index contributed by atoms with van der Waals surface area (Å²) in [5.41, 5.74) is 4.31. The molecule has 168 valence electrons. The first-order valence-corrected chi connectivity index (χ1v) is 12.6. The van der Waals surface area contributed by atoms with Crippen LogP contribution in [0.25, 0.3) is 11.0 Å². The highest BCUT2D eigenvalue weighted by Gasteiger charge is 2.29. The third-order valence-corrected chi connectivity index (χ3v) is 7.72. The van der Waals surface area contributed by atoms with E-state index in [0.29, 0.717) is 0 Å². The van der Waals surface area contributed by atoms with Gasteiger partial charge in [0.1, 0.15) is 11.5 Å². The van der Waals surface area contributed by atoms with Crippen molar-refractivity contribution >= 4 is 22.8 Å². The molecule has 0 amide bonds. The van der Waals surface area contributed by atoms with Crippen LogP contribution in [0.2, 0.25) is 0 Å². The highest BCUT2D eigenvalue weighted by atomic mass is 16.5. The van der Waals surface area contributed by atoms with Gasteiger partial charge in [0.05, 0.1) is 18.6 Å². The molecule has 5 heterocycles. The number of ether oxygens (including phenoxy) is 1. The molecule has 0 saturated carbocycles. The Morgan fingerprint density at radius 1 is 0.710 bits per heavy atom. The maximum absolute atomic E-state index is 5.56. The van der Waals surface area contributed by atoms with Gasteiger partial charge in [-0.1, -0.05) is 0 Å². The number of nitrogens with zero attached hydrogens (tertiary/aromatic N) is 6. The molecule has 0 atom stereocenters. The molecule has 3 aliphatic heterocycles. The Labute approximate surface area is 185 Å². The fourth-order valence-electron chi connectivity index (χ4n) is 6.00. The van der Waals surface area contributed by atoms with Crippen LogP contribution >= 0.6 is 0 Å². The summed E-state index contributed by atoms with van der Waals surface area (Å²) in [6, 6.07) is 0. The maximum atomic E-state index is 5.56. The molecule has 4 aliphatic rings. The third-order valence-electron chi connectivity index (χ3n) is 7.72. The van der Waals surface area contributed by atoms with Gasteiger partial charge < -0.3 is 19.1 Å². The van der Waals surface area contributed by atoms with Crippen molar-refractivity contribution in [1.29, 1.82) is 0 Å². The van der Waals surface area contributed by atoms with Crippen molar-refractivity contribution in [3.63, 3.8) is 0 Å². The van der Waals surface area contributed by atoms with E-state index in [-0.39, 0.29) is 0 Å². The summed E-state index contributed by atoms with van der Waals surface area (Å²) in [4.78, 5) is 18.0. The van der Waals surface area contributed by atoms with Gasteiger partial charge in [0, 0.05) is 58.1 Å². The molecule has 31 heavy (non-hydrogen) atoms. The highest BCUT2D eigenvalue weighted by molar-refractivity contribution is 5.94. The van der Waals surface area contributed by atoms with Crippen LogP contribution in [0.4, 0.5) is 11.8 Å². The molecule has 1 aliphatic carbocycles. The van der Waals surface area contributed by atoms with Gasteiger partial charge in [-0.2, -0.15) is 9.97 Å². The van der Waals surface area contributed by atoms with Gasteiger partial charge in [0.15, 0.2) is 0 Å². The summed E-state index contributed by atoms with van der Waals surface area (Å²) in [6.45, 7) is 10.4. The first-order chi connectivity index (χ1) is 15.4. The third kappa shape index (κ3) is 3.69. The van der Waals surface area contributed by atoms with Crippen LogP contribution in [0.15, 0.2) is 0 Å². The monoisotopic (exact) mass is 424 g/mol. The van der Waals surface area contributed by atoms with Crippen molar-refractivity contribution in [2.45, 2.75) is 57.9 Å². The Balaban J connectivity index is 1.45. The van der Waals surface area contributed by atoms with Crippen LogP contribution in [0.5, 0.6) is 0 Å². The molecule has 2 aromatic rings. The van der Waals surface area contributed by atoms with Gasteiger partial charge in [0.25, 0.3) is 0 Å². The molecule has 0 unspecified atom stereocenters. The lowest BCUT2D eigenvalue weighted by molar-refractivity contribution is 0.0364. The van der Waals surface area contributed by atoms with E-state index < -0.39 is 0 Å². The molecule has 0 spiro atoms. The number of rotatable bonds is 5. The van der Waals surface area contributed by atoms with Gasteiger partial charge in [-0.15, -0.1) is 0 Å². The topological polar surface area (TPSA) is 49.7 Å². The Morgan fingerprint density at radius 2 is 1.42 bits per heavy atom. The molecule has 0 aromatic carbocycles. The zero-order valence-corrected chi connectivity index (χ0v) is 18.8. The first kappa shape index (κ1) is 19.8. The van der Waals surface area contributed by atoms with E-state index in [0.717, 1.165) is 71.5 Å². The average molecular weight is 425 g/mol. The Hall–Kier alpha value is -1.86. The predicted molar refractivity (Wildman–Crippen MR) is 124 cm³/mol. The Kier molecular flexibility index (Phi) is 5.48. The largest absolute Gasteiger partial charge is 0.379 e. The minimum Gasteiger partial charge on any atom is -0.379 e. The molecule has 7 nitrogen and oxygen atoms in total. The second kappa shape index (κ2) is 8.58. The Morgan fingerprint density at radius 3 is 2.19 bits per heavy atom. The summed E-state index contributed by atoms with van der Waals surface area (Å²) in [5, 5.41) is 1.38. The predicted octanol–water partition coefficient (Wildman–Crippen LogP) is 2.84. The van der Waals surface area contributed by atoms with E-state index >= 15 is 0 Å². The van der Waals surface area contributed by atoms with Crippen LogP contribution in [0, 0.1) is 0 Å². The van der Waals surface area contributed by atoms with Gasteiger partial charge in [0.2, 0.25) is 5.95 Å². The summed E-state index contributed by atoms with van der Waals surface area (Å²) in [7, 11) is 0. The summed E-state index contributed by atoms with van der Waals surface area (Å²) < 4.78 is 8.15. The van der Waals surface area contributed by atoms with Crippen molar-refractivity contribution in [1.82, 2.24) is 19.4 Å². The van der Waals surface area contributed by atoms with Crippen molar-refractivity contribution < 1.29 is 4.74 Å². The van der Waals surface area contributed by atoms with E-state index in [4.69, 9.17) is 14.7 Å². The van der Waals surface area contributed by atoms with Crippen LogP contribution in [-0.4, -0.2) is 78.5 Å². The van der Waals surface area contributed by atoms with E-state index in [1.165, 1.54) is 68.2 Å². The van der Waals surface area contributed by atoms with Crippen molar-refractivity contribution in [3.8, 4) is 0 Å². The molecule has 0 radical (unpaired) electrons. The minimum absolute atomic E-state index is 0.866. The van der Waals surface area contributed by atoms with Crippen LogP contribution in [0.3, 0.4) is 0 Å². The SMILES string of the molecule is C1CCc2c(c3c(N4CCCC4)nc(N4CCCC4)nc3n2CCN2CCOCC2)C1. The molecule has 2 aromatic heterocycles. The number of fused-ring (bicyclic) bond motifs is 3. The lowest BCUT2D eigenvalue weighted by Gasteiger charge is -2.27. The van der Waals surface area contributed by atoms with Crippen LogP contribution in [0.1, 0.15) is 49.8 Å². The molecular weight excluding hydrogens is 388 g/mol. The summed E-state index contributed by atoms with van der Waals surface area (Å²) >= 11 is 0. The van der Waals surface area contributed by atoms with Gasteiger partial charge in [-0.25, -0.2) is 0 Å². The van der Waals surface area contributed by atoms with E-state index in [1.807, 2.05) is 0 Å². The second-order valence-corrected chi connectivity index (χ2v) is 9.67. The van der Waals surface area contributed by atoms with Gasteiger partial charge in [-0.05, 0) is 56.9 Å². The van der Waals surface area contributed by atoms with Gasteiger partial charge >= 0.3 is 0 Å². The van der Waals surface area contributed by atoms with Crippen LogP contribution in [-0.2, 0) is 24.1 Å². The zero-order valence-electron chi connectivity index (χ0n) is 18.8. The van der Waals surface area contributed by atoms with E-state index in [2.05, 4.69) is 19.3 Å². The van der Waals surface area contributed by atoms with E-state index in [1.54, 1.807) is 11.3 Å². The quantitative estimate of drug-likeness (QED) is 0.736. The molecular formula is C24H36N6O. The molecule has 3 fully saturated rings. The van der Waals surface area contributed by atoms with Gasteiger partial charge in [-0.3, -0.25) is 4.90 Å². The zero-order chi connectivity index (χ0) is 20.6. The summed E-state index contributed by atoms with van der Waals surface area (Å²) in [5.74, 6) is 2.20. The average Bonchev–Trinajstić information content (AvgIpc) is 3.59. The van der Waals surface area contributed by atoms with Crippen molar-refractivity contribution in [3.05, 3.63) is 11.3 Å². The second-order valence-electron chi connectivity index (χ2n) is 9.67. The number of anilines is 2. The van der Waals surface area contributed by atoms with Crippen molar-refractivity contribution in [2.24, 2.45) is 0 Å². The summed E-state index contributed by atoms with van der Waals surface area (Å²) in [6.07, 6.45) is 10.0. The number of morpholine rings is 1. The fourth-order valence-corrected chi connectivity index (χ4v) is 6.00. The van der Waals surface area contributed by atoms with Crippen molar-refractivity contribution in [2.75, 3.05) is 68.8 Å². The standard InChI is InChI=1S/C24H36N6O/c1-2-8-20-19(7-1)21-22(28-9-3-4-10-28)25-24(29-11-5-6-12-29)26-23(21)30(20)14-13-27-15-17-31-18-16-27/h1-18H2. The minimum atomic E-state index is 0.866. The van der Waals surface area contributed by atoms with E-state index in [9.17, 15) is 0 Å². The molecule has 3 saturated heterocycles. The molecule has 6 rings (SSSR count). The number of aryl methyl sites for hydroxylation is 1. The molecule has 7 heteroatoms. The molecule has 0 bridgehead atoms. The van der Waals surface area contributed by atoms with Crippen LogP contribution < -0.4 is 9.80 Å². The normalized spacial score (nSPS) is 22.6. The smallest absolute Gasteiger partial charge is 0.229 e. The molecule has 0 N–H and O–H groups in total. The number of hydrogen-bond acceptors (Lipinski definition) is 6. The number of aromatic nitrogens is 3. The highest BCUT2D eigenvalue weighted by Crippen LogP contribution is 2.38. The first-order valence-electron chi connectivity index (χ1n) is 12.6. The number of hydrogen-bond donors (Lipinski definition) is 0. The lowest BCUT2D eigenvalue weighted by atomic mass is 9.96.